The summed E-state index contributed by atoms with van der Waals surface area (Å²) >= 11 is 4.91. The molecule has 3 rings (SSSR count). The number of fused-ring (bicyclic) bond motifs is 1. The van der Waals surface area contributed by atoms with E-state index in [4.69, 9.17) is 37.3 Å². The molecule has 0 aliphatic carbocycles. The van der Waals surface area contributed by atoms with Gasteiger partial charge in [0.05, 0.1) is 19.8 Å². The standard InChI is InChI=1S/C18H15FN2O3S/c1-22-12-4-10(5-13(8-12)23-2)9-3-11-6-14(18(21)25)17(20)24-16(11)15(19)7-9/h3-8,20H,1-2H3,(H2,21,25). The molecule has 0 saturated carbocycles. The van der Waals surface area contributed by atoms with E-state index in [0.29, 0.717) is 28.0 Å². The normalized spacial score (nSPS) is 10.7. The van der Waals surface area contributed by atoms with Gasteiger partial charge in [-0.3, -0.25) is 5.41 Å². The van der Waals surface area contributed by atoms with Crippen LogP contribution in [-0.4, -0.2) is 19.2 Å². The van der Waals surface area contributed by atoms with E-state index in [1.807, 2.05) is 0 Å². The van der Waals surface area contributed by atoms with Gasteiger partial charge in [0.25, 0.3) is 0 Å². The van der Waals surface area contributed by atoms with E-state index in [1.54, 1.807) is 44.6 Å². The summed E-state index contributed by atoms with van der Waals surface area (Å²) < 4.78 is 30.3. The first-order valence-corrected chi connectivity index (χ1v) is 7.69. The summed E-state index contributed by atoms with van der Waals surface area (Å²) in [6.07, 6.45) is 0. The van der Waals surface area contributed by atoms with E-state index in [9.17, 15) is 4.39 Å². The number of methoxy groups -OCH3 is 2. The zero-order valence-corrected chi connectivity index (χ0v) is 14.4. The van der Waals surface area contributed by atoms with Gasteiger partial charge in [0.15, 0.2) is 11.4 Å². The van der Waals surface area contributed by atoms with Crippen LogP contribution < -0.4 is 20.8 Å². The average molecular weight is 358 g/mol. The molecule has 0 bridgehead atoms. The lowest BCUT2D eigenvalue weighted by atomic mass is 10.0. The van der Waals surface area contributed by atoms with Crippen molar-refractivity contribution in [1.82, 2.24) is 0 Å². The first kappa shape index (κ1) is 16.9. The Morgan fingerprint density at radius 1 is 1.04 bits per heavy atom. The summed E-state index contributed by atoms with van der Waals surface area (Å²) in [6, 6.07) is 9.89. The molecule has 0 atom stereocenters. The summed E-state index contributed by atoms with van der Waals surface area (Å²) in [7, 11) is 3.09. The molecule has 1 aromatic heterocycles. The number of rotatable bonds is 4. The Labute approximate surface area is 148 Å². The third kappa shape index (κ3) is 3.18. The number of nitrogens with one attached hydrogen (secondary N) is 1. The van der Waals surface area contributed by atoms with Crippen molar-refractivity contribution in [1.29, 1.82) is 5.41 Å². The molecular formula is C18H15FN2O3S. The number of nitrogens with two attached hydrogens (primary N) is 1. The minimum absolute atomic E-state index is 0.0181. The molecule has 0 fully saturated rings. The van der Waals surface area contributed by atoms with Crippen LogP contribution in [0.1, 0.15) is 5.56 Å². The van der Waals surface area contributed by atoms with E-state index in [-0.39, 0.29) is 21.7 Å². The van der Waals surface area contributed by atoms with Crippen molar-refractivity contribution >= 4 is 28.2 Å². The van der Waals surface area contributed by atoms with Crippen molar-refractivity contribution in [3.05, 3.63) is 53.3 Å². The maximum atomic E-state index is 14.5. The number of hydrogen-bond acceptors (Lipinski definition) is 5. The Morgan fingerprint density at radius 2 is 1.64 bits per heavy atom. The quantitative estimate of drug-likeness (QED) is 0.699. The largest absolute Gasteiger partial charge is 0.497 e. The fourth-order valence-corrected chi connectivity index (χ4v) is 2.68. The number of halogens is 1. The zero-order valence-electron chi connectivity index (χ0n) is 13.6. The maximum absolute atomic E-state index is 14.5. The highest BCUT2D eigenvalue weighted by Gasteiger charge is 2.13. The summed E-state index contributed by atoms with van der Waals surface area (Å²) in [6.45, 7) is 0. The minimum atomic E-state index is -0.586. The third-order valence-electron chi connectivity index (χ3n) is 3.77. The fraction of sp³-hybridized carbons (Fsp3) is 0.111. The molecule has 1 heterocycles. The van der Waals surface area contributed by atoms with Gasteiger partial charge in [0, 0.05) is 11.5 Å². The molecule has 3 N–H and O–H groups in total. The number of thiocarbonyl (C=S) groups is 1. The summed E-state index contributed by atoms with van der Waals surface area (Å²) in [4.78, 5) is 0.0181. The van der Waals surface area contributed by atoms with Crippen molar-refractivity contribution in [2.24, 2.45) is 5.73 Å². The van der Waals surface area contributed by atoms with Crippen LogP contribution in [0, 0.1) is 11.2 Å². The van der Waals surface area contributed by atoms with E-state index in [1.165, 1.54) is 6.07 Å². The zero-order chi connectivity index (χ0) is 18.1. The Balaban J connectivity index is 2.26. The highest BCUT2D eigenvalue weighted by Crippen LogP contribution is 2.32. The van der Waals surface area contributed by atoms with Crippen LogP contribution in [0.25, 0.3) is 22.1 Å². The van der Waals surface area contributed by atoms with Crippen LogP contribution in [0.5, 0.6) is 11.5 Å². The Hall–Kier alpha value is -2.93. The monoisotopic (exact) mass is 358 g/mol. The third-order valence-corrected chi connectivity index (χ3v) is 3.99. The molecule has 5 nitrogen and oxygen atoms in total. The second-order valence-electron chi connectivity index (χ2n) is 5.33. The van der Waals surface area contributed by atoms with Gasteiger partial charge < -0.3 is 19.6 Å². The molecule has 0 unspecified atom stereocenters. The second kappa shape index (κ2) is 6.52. The van der Waals surface area contributed by atoms with Crippen molar-refractivity contribution in [2.45, 2.75) is 0 Å². The lowest BCUT2D eigenvalue weighted by Crippen LogP contribution is -2.19. The van der Waals surface area contributed by atoms with Crippen molar-refractivity contribution in [3.8, 4) is 22.6 Å². The Bertz CT molecular complexity index is 1020. The number of hydrogen-bond donors (Lipinski definition) is 2. The maximum Gasteiger partial charge on any atom is 0.222 e. The summed E-state index contributed by atoms with van der Waals surface area (Å²) in [5.41, 5.74) is 6.86. The van der Waals surface area contributed by atoms with E-state index < -0.39 is 5.82 Å². The van der Waals surface area contributed by atoms with Crippen molar-refractivity contribution < 1.29 is 18.3 Å². The van der Waals surface area contributed by atoms with Crippen LogP contribution >= 0.6 is 12.2 Å². The number of benzene rings is 2. The van der Waals surface area contributed by atoms with Gasteiger partial charge in [-0.05, 0) is 41.5 Å². The van der Waals surface area contributed by atoms with E-state index >= 15 is 0 Å². The van der Waals surface area contributed by atoms with Gasteiger partial charge in [0.2, 0.25) is 5.55 Å². The molecule has 128 valence electrons. The Kier molecular flexibility index (Phi) is 4.41. The Morgan fingerprint density at radius 3 is 2.20 bits per heavy atom. The van der Waals surface area contributed by atoms with Gasteiger partial charge >= 0.3 is 0 Å². The molecule has 25 heavy (non-hydrogen) atoms. The van der Waals surface area contributed by atoms with Gasteiger partial charge in [-0.25, -0.2) is 4.39 Å². The first-order chi connectivity index (χ1) is 11.9. The molecule has 3 aromatic rings. The summed E-state index contributed by atoms with van der Waals surface area (Å²) in [5, 5.41) is 8.22. The van der Waals surface area contributed by atoms with Gasteiger partial charge in [0.1, 0.15) is 16.5 Å². The lowest BCUT2D eigenvalue weighted by molar-refractivity contribution is 0.394. The minimum Gasteiger partial charge on any atom is -0.497 e. The van der Waals surface area contributed by atoms with Crippen LogP contribution in [0.2, 0.25) is 0 Å². The molecule has 0 saturated heterocycles. The van der Waals surface area contributed by atoms with Gasteiger partial charge in [-0.1, -0.05) is 12.2 Å². The first-order valence-electron chi connectivity index (χ1n) is 7.28. The van der Waals surface area contributed by atoms with Crippen molar-refractivity contribution in [3.63, 3.8) is 0 Å². The molecule has 0 radical (unpaired) electrons. The summed E-state index contributed by atoms with van der Waals surface area (Å²) in [5.74, 6) is 0.590. The molecule has 7 heteroatoms. The highest BCUT2D eigenvalue weighted by atomic mass is 32.1. The topological polar surface area (TPSA) is 81.5 Å². The molecule has 0 spiro atoms. The molecule has 0 amide bonds. The second-order valence-corrected chi connectivity index (χ2v) is 5.77. The van der Waals surface area contributed by atoms with Crippen LogP contribution in [-0.2, 0) is 0 Å². The van der Waals surface area contributed by atoms with Crippen LogP contribution in [0.15, 0.2) is 40.8 Å². The number of ether oxygens (including phenoxy) is 2. The molecule has 2 aromatic carbocycles. The molecule has 0 aliphatic heterocycles. The fourth-order valence-electron chi connectivity index (χ4n) is 2.53. The average Bonchev–Trinajstić information content (AvgIpc) is 2.60. The lowest BCUT2D eigenvalue weighted by Gasteiger charge is -2.10. The molecule has 0 aliphatic rings. The van der Waals surface area contributed by atoms with Crippen LogP contribution in [0.3, 0.4) is 0 Å². The predicted molar refractivity (Wildman–Crippen MR) is 96.5 cm³/mol. The molecular weight excluding hydrogens is 343 g/mol. The van der Waals surface area contributed by atoms with E-state index in [0.717, 1.165) is 0 Å². The van der Waals surface area contributed by atoms with Crippen molar-refractivity contribution in [2.75, 3.05) is 14.2 Å². The smallest absolute Gasteiger partial charge is 0.222 e. The van der Waals surface area contributed by atoms with Gasteiger partial charge in [-0.2, -0.15) is 0 Å². The van der Waals surface area contributed by atoms with Crippen LogP contribution in [0.4, 0.5) is 4.39 Å². The van der Waals surface area contributed by atoms with Gasteiger partial charge in [-0.15, -0.1) is 0 Å². The predicted octanol–water partition coefficient (Wildman–Crippen LogP) is 3.37. The highest BCUT2D eigenvalue weighted by molar-refractivity contribution is 7.80. The SMILES string of the molecule is COc1cc(OC)cc(-c2cc(F)c3oc(=N)c(C(N)=S)cc3c2)c1. The van der Waals surface area contributed by atoms with E-state index in [2.05, 4.69) is 0 Å².